The van der Waals surface area contributed by atoms with Crippen LogP contribution in [0.15, 0.2) is 24.3 Å². The van der Waals surface area contributed by atoms with Gasteiger partial charge in [0.2, 0.25) is 0 Å². The number of aryl methyl sites for hydroxylation is 2. The van der Waals surface area contributed by atoms with E-state index in [9.17, 15) is 21.6 Å². The first-order valence-electron chi connectivity index (χ1n) is 7.91. The van der Waals surface area contributed by atoms with E-state index in [1.54, 1.807) is 12.1 Å². The molecule has 0 atom stereocenters. The minimum atomic E-state index is -5.33. The van der Waals surface area contributed by atoms with Crippen LogP contribution in [0.1, 0.15) is 35.1 Å². The Morgan fingerprint density at radius 3 is 2.42 bits per heavy atom. The first-order chi connectivity index (χ1) is 11.3. The van der Waals surface area contributed by atoms with E-state index in [0.29, 0.717) is 15.4 Å². The molecule has 0 saturated heterocycles. The van der Waals surface area contributed by atoms with Gasteiger partial charge in [0.05, 0.1) is 0 Å². The summed E-state index contributed by atoms with van der Waals surface area (Å²) in [5.41, 5.74) is -1.52. The van der Waals surface area contributed by atoms with Gasteiger partial charge >= 0.3 is 15.5 Å². The Morgan fingerprint density at radius 2 is 1.67 bits per heavy atom. The van der Waals surface area contributed by atoms with Crippen LogP contribution in [-0.4, -0.2) is 18.2 Å². The van der Waals surface area contributed by atoms with Crippen molar-refractivity contribution in [2.75, 3.05) is 0 Å². The van der Waals surface area contributed by atoms with Crippen LogP contribution in [-0.2, 0) is 36.0 Å². The van der Waals surface area contributed by atoms with E-state index in [4.69, 9.17) is 0 Å². The molecular weight excluding hydrogens is 339 g/mol. The van der Waals surface area contributed by atoms with Gasteiger partial charge in [-0.1, -0.05) is 24.3 Å². The van der Waals surface area contributed by atoms with Gasteiger partial charge in [-0.25, -0.2) is 8.42 Å². The van der Waals surface area contributed by atoms with E-state index in [1.165, 1.54) is 5.56 Å². The maximum absolute atomic E-state index is 12.9. The van der Waals surface area contributed by atoms with Crippen molar-refractivity contribution >= 4 is 20.8 Å². The molecule has 1 heterocycles. The average Bonchev–Trinajstić information content (AvgIpc) is 2.54. The third kappa shape index (κ3) is 2.25. The van der Waals surface area contributed by atoms with Crippen LogP contribution < -0.4 is 0 Å². The molecule has 0 bridgehead atoms. The predicted octanol–water partition coefficient (Wildman–Crippen LogP) is 3.88. The summed E-state index contributed by atoms with van der Waals surface area (Å²) in [6.07, 6.45) is 4.04. The molecule has 0 N–H and O–H groups in total. The summed E-state index contributed by atoms with van der Waals surface area (Å²) in [7, 11) is -5.33. The van der Waals surface area contributed by atoms with Gasteiger partial charge in [-0.2, -0.15) is 17.5 Å². The number of hydrogen-bond acceptors (Lipinski definition) is 2. The van der Waals surface area contributed by atoms with Crippen LogP contribution >= 0.6 is 0 Å². The molecule has 0 radical (unpaired) electrons. The number of rotatable bonds is 1. The number of fused-ring (bicyclic) bond motifs is 2. The minimum Gasteiger partial charge on any atom is -0.203 e. The largest absolute Gasteiger partial charge is 0.511 e. The highest BCUT2D eigenvalue weighted by molar-refractivity contribution is 7.89. The summed E-state index contributed by atoms with van der Waals surface area (Å²) in [5.74, 6) is 0. The molecule has 2 aliphatic rings. The second-order valence-electron chi connectivity index (χ2n) is 6.44. The summed E-state index contributed by atoms with van der Waals surface area (Å²) < 4.78 is 63.0. The van der Waals surface area contributed by atoms with E-state index >= 15 is 0 Å². The average molecular weight is 355 g/mol. The van der Waals surface area contributed by atoms with Gasteiger partial charge in [0.25, 0.3) is 0 Å². The summed E-state index contributed by atoms with van der Waals surface area (Å²) in [6, 6.07) is 7.44. The first-order valence-corrected chi connectivity index (χ1v) is 9.35. The van der Waals surface area contributed by atoms with Gasteiger partial charge < -0.3 is 0 Å². The normalized spacial score (nSPS) is 18.6. The van der Waals surface area contributed by atoms with Crippen LogP contribution in [0.3, 0.4) is 0 Å². The zero-order valence-corrected chi connectivity index (χ0v) is 13.7. The van der Waals surface area contributed by atoms with Crippen molar-refractivity contribution in [1.82, 2.24) is 4.31 Å². The molecule has 1 aliphatic carbocycles. The SMILES string of the molecule is O=S(=O)(N1Cc2cccc3c4c(cc(c23)C1)CCCC4)C(F)(F)F. The third-order valence-electron chi connectivity index (χ3n) is 4.98. The molecule has 24 heavy (non-hydrogen) atoms. The Kier molecular flexibility index (Phi) is 3.44. The highest BCUT2D eigenvalue weighted by atomic mass is 32.2. The van der Waals surface area contributed by atoms with Crippen molar-refractivity contribution in [2.24, 2.45) is 0 Å². The Morgan fingerprint density at radius 1 is 0.958 bits per heavy atom. The standard InChI is InChI=1S/C17H16F3NO2S/c18-17(19,20)24(22,23)21-9-12-5-3-7-15-14-6-2-1-4-11(14)8-13(10-21)16(12)15/h3,5,7-8H,1-2,4,6,9-10H2. The zero-order valence-electron chi connectivity index (χ0n) is 12.9. The fourth-order valence-electron chi connectivity index (χ4n) is 3.92. The van der Waals surface area contributed by atoms with Gasteiger partial charge in [-0.05, 0) is 58.7 Å². The molecule has 1 aliphatic heterocycles. The van der Waals surface area contributed by atoms with Crippen LogP contribution in [0.25, 0.3) is 10.8 Å². The second-order valence-corrected chi connectivity index (χ2v) is 8.37. The molecular formula is C17H16F3NO2S. The summed E-state index contributed by atoms with van der Waals surface area (Å²) in [4.78, 5) is 0. The maximum Gasteiger partial charge on any atom is 0.511 e. The Hall–Kier alpha value is -1.60. The maximum atomic E-state index is 12.9. The second kappa shape index (κ2) is 5.20. The molecule has 0 spiro atoms. The van der Waals surface area contributed by atoms with Gasteiger partial charge in [-0.15, -0.1) is 0 Å². The first kappa shape index (κ1) is 15.9. The van der Waals surface area contributed by atoms with Crippen LogP contribution in [0, 0.1) is 0 Å². The molecule has 2 aromatic carbocycles. The van der Waals surface area contributed by atoms with Gasteiger partial charge in [0.1, 0.15) is 0 Å². The Labute approximate surface area is 138 Å². The topological polar surface area (TPSA) is 37.4 Å². The van der Waals surface area contributed by atoms with Gasteiger partial charge in [0, 0.05) is 13.1 Å². The monoisotopic (exact) mass is 355 g/mol. The van der Waals surface area contributed by atoms with Crippen molar-refractivity contribution in [3.05, 3.63) is 46.5 Å². The number of sulfonamides is 1. The molecule has 7 heteroatoms. The zero-order chi connectivity index (χ0) is 17.1. The molecule has 3 nitrogen and oxygen atoms in total. The van der Waals surface area contributed by atoms with Crippen molar-refractivity contribution in [3.8, 4) is 0 Å². The fourth-order valence-corrected chi connectivity index (χ4v) is 4.83. The number of nitrogens with zero attached hydrogens (tertiary/aromatic N) is 1. The van der Waals surface area contributed by atoms with Crippen molar-refractivity contribution in [3.63, 3.8) is 0 Å². The summed E-state index contributed by atoms with van der Waals surface area (Å²) in [5, 5.41) is 2.01. The van der Waals surface area contributed by atoms with E-state index in [-0.39, 0.29) is 13.1 Å². The molecule has 2 aromatic rings. The van der Waals surface area contributed by atoms with Crippen LogP contribution in [0.5, 0.6) is 0 Å². The van der Waals surface area contributed by atoms with E-state index in [1.807, 2.05) is 12.1 Å². The minimum absolute atomic E-state index is 0.220. The van der Waals surface area contributed by atoms with Gasteiger partial charge in [0.15, 0.2) is 0 Å². The van der Waals surface area contributed by atoms with Crippen molar-refractivity contribution in [1.29, 1.82) is 0 Å². The molecule has 0 unspecified atom stereocenters. The highest BCUT2D eigenvalue weighted by Crippen LogP contribution is 2.39. The van der Waals surface area contributed by atoms with Crippen molar-refractivity contribution in [2.45, 2.75) is 44.3 Å². The quantitative estimate of drug-likeness (QED) is 0.778. The predicted molar refractivity (Wildman–Crippen MR) is 84.8 cm³/mol. The van der Waals surface area contributed by atoms with Gasteiger partial charge in [-0.3, -0.25) is 0 Å². The molecule has 0 aromatic heterocycles. The third-order valence-corrected chi connectivity index (χ3v) is 6.50. The fraction of sp³-hybridized carbons (Fsp3) is 0.412. The highest BCUT2D eigenvalue weighted by Gasteiger charge is 2.50. The van der Waals surface area contributed by atoms with E-state index in [2.05, 4.69) is 0 Å². The molecule has 128 valence electrons. The smallest absolute Gasteiger partial charge is 0.203 e. The number of alkyl halides is 3. The van der Waals surface area contributed by atoms with E-state index < -0.39 is 15.5 Å². The lowest BCUT2D eigenvalue weighted by Crippen LogP contribution is -2.41. The Balaban J connectivity index is 1.89. The summed E-state index contributed by atoms with van der Waals surface area (Å²) >= 11 is 0. The number of halogens is 3. The van der Waals surface area contributed by atoms with Crippen molar-refractivity contribution < 1.29 is 21.6 Å². The lowest BCUT2D eigenvalue weighted by atomic mass is 9.83. The molecule has 4 rings (SSSR count). The van der Waals surface area contributed by atoms with Crippen LogP contribution in [0.2, 0.25) is 0 Å². The molecule has 0 saturated carbocycles. The Bertz CT molecular complexity index is 935. The van der Waals surface area contributed by atoms with Crippen LogP contribution in [0.4, 0.5) is 13.2 Å². The lowest BCUT2D eigenvalue weighted by Gasteiger charge is -2.31. The summed E-state index contributed by atoms with van der Waals surface area (Å²) in [6.45, 7) is -0.451. The lowest BCUT2D eigenvalue weighted by molar-refractivity contribution is -0.0494. The molecule has 0 fully saturated rings. The number of benzene rings is 2. The number of hydrogen-bond donors (Lipinski definition) is 0. The molecule has 0 amide bonds. The van der Waals surface area contributed by atoms with E-state index in [0.717, 1.165) is 42.0 Å².